The highest BCUT2D eigenvalue weighted by atomic mass is 35.5. The summed E-state index contributed by atoms with van der Waals surface area (Å²) < 4.78 is 0. The number of benzene rings is 1. The Balaban J connectivity index is 2.27. The number of nitrogens with zero attached hydrogens (tertiary/aromatic N) is 3. The smallest absolute Gasteiger partial charge is 0.163 e. The summed E-state index contributed by atoms with van der Waals surface area (Å²) >= 11 is 5.92. The second-order valence-electron chi connectivity index (χ2n) is 4.78. The molecule has 0 amide bonds. The number of para-hydroxylation sites is 1. The summed E-state index contributed by atoms with van der Waals surface area (Å²) in [4.78, 5) is 13.4. The van der Waals surface area contributed by atoms with Crippen molar-refractivity contribution in [2.75, 3.05) is 0 Å². The van der Waals surface area contributed by atoms with Gasteiger partial charge in [-0.05, 0) is 30.7 Å². The Labute approximate surface area is 120 Å². The molecule has 0 atom stereocenters. The first-order chi connectivity index (χ1) is 9.74. The summed E-state index contributed by atoms with van der Waals surface area (Å²) in [7, 11) is 0. The van der Waals surface area contributed by atoms with Crippen molar-refractivity contribution in [1.29, 1.82) is 0 Å². The first kappa shape index (κ1) is 11.6. The van der Waals surface area contributed by atoms with Crippen LogP contribution in [0.4, 0.5) is 0 Å². The molecule has 0 unspecified atom stereocenters. The molecule has 20 heavy (non-hydrogen) atoms. The Morgan fingerprint density at radius 1 is 0.900 bits per heavy atom. The molecule has 0 fully saturated rings. The maximum absolute atomic E-state index is 5.92. The fourth-order valence-electron chi connectivity index (χ4n) is 2.59. The van der Waals surface area contributed by atoms with Gasteiger partial charge in [0, 0.05) is 22.4 Å². The second-order valence-corrected chi connectivity index (χ2v) is 5.17. The topological polar surface area (TPSA) is 38.7 Å². The van der Waals surface area contributed by atoms with Crippen molar-refractivity contribution in [3.63, 3.8) is 0 Å². The summed E-state index contributed by atoms with van der Waals surface area (Å²) in [5, 5.41) is 3.59. The lowest BCUT2D eigenvalue weighted by Crippen LogP contribution is -1.92. The van der Waals surface area contributed by atoms with E-state index in [0.29, 0.717) is 10.8 Å². The molecule has 4 aromatic rings. The highest BCUT2D eigenvalue weighted by molar-refractivity contribution is 6.30. The third-order valence-corrected chi connectivity index (χ3v) is 3.82. The van der Waals surface area contributed by atoms with E-state index >= 15 is 0 Å². The number of rotatable bonds is 0. The number of fused-ring (bicyclic) bond motifs is 4. The minimum absolute atomic E-state index is 0.446. The Bertz CT molecular complexity index is 979. The third kappa shape index (κ3) is 1.57. The van der Waals surface area contributed by atoms with Crippen molar-refractivity contribution in [3.05, 3.63) is 53.3 Å². The maximum Gasteiger partial charge on any atom is 0.163 e. The van der Waals surface area contributed by atoms with Crippen LogP contribution >= 0.6 is 11.6 Å². The molecule has 0 aliphatic carbocycles. The van der Waals surface area contributed by atoms with Gasteiger partial charge >= 0.3 is 0 Å². The molecule has 0 N–H and O–H groups in total. The SMILES string of the molecule is Cc1c2ccccc2nc2c1cnc1nc(Cl)ccc12. The molecule has 0 aliphatic rings. The Morgan fingerprint density at radius 2 is 1.75 bits per heavy atom. The van der Waals surface area contributed by atoms with Gasteiger partial charge in [-0.2, -0.15) is 0 Å². The lowest BCUT2D eigenvalue weighted by molar-refractivity contribution is 1.29. The van der Waals surface area contributed by atoms with Crippen molar-refractivity contribution in [2.24, 2.45) is 0 Å². The molecule has 3 nitrogen and oxygen atoms in total. The van der Waals surface area contributed by atoms with E-state index < -0.39 is 0 Å². The Hall–Kier alpha value is -2.26. The molecule has 3 heterocycles. The van der Waals surface area contributed by atoms with E-state index in [1.54, 1.807) is 6.07 Å². The number of hydrogen-bond acceptors (Lipinski definition) is 3. The van der Waals surface area contributed by atoms with Gasteiger partial charge in [0.05, 0.1) is 11.0 Å². The summed E-state index contributed by atoms with van der Waals surface area (Å²) in [5.74, 6) is 0. The van der Waals surface area contributed by atoms with Crippen molar-refractivity contribution in [1.82, 2.24) is 15.0 Å². The number of hydrogen-bond donors (Lipinski definition) is 0. The van der Waals surface area contributed by atoms with Gasteiger partial charge in [0.25, 0.3) is 0 Å². The van der Waals surface area contributed by atoms with Crippen LogP contribution in [0.25, 0.3) is 32.8 Å². The van der Waals surface area contributed by atoms with E-state index in [9.17, 15) is 0 Å². The van der Waals surface area contributed by atoms with Crippen LogP contribution < -0.4 is 0 Å². The van der Waals surface area contributed by atoms with Crippen LogP contribution in [-0.4, -0.2) is 15.0 Å². The van der Waals surface area contributed by atoms with Gasteiger partial charge in [-0.1, -0.05) is 29.8 Å². The average Bonchev–Trinajstić information content (AvgIpc) is 2.47. The van der Waals surface area contributed by atoms with E-state index in [1.807, 2.05) is 30.5 Å². The van der Waals surface area contributed by atoms with E-state index in [4.69, 9.17) is 16.6 Å². The zero-order valence-corrected chi connectivity index (χ0v) is 11.5. The quantitative estimate of drug-likeness (QED) is 0.274. The predicted octanol–water partition coefficient (Wildman–Crippen LogP) is 4.29. The van der Waals surface area contributed by atoms with E-state index in [-0.39, 0.29) is 0 Å². The fraction of sp³-hybridized carbons (Fsp3) is 0.0625. The number of aromatic nitrogens is 3. The minimum atomic E-state index is 0.446. The van der Waals surface area contributed by atoms with Gasteiger partial charge in [-0.25, -0.2) is 15.0 Å². The largest absolute Gasteiger partial charge is 0.247 e. The van der Waals surface area contributed by atoms with Gasteiger partial charge in [0.1, 0.15) is 5.15 Å². The highest BCUT2D eigenvalue weighted by Crippen LogP contribution is 2.29. The van der Waals surface area contributed by atoms with E-state index in [2.05, 4.69) is 23.0 Å². The van der Waals surface area contributed by atoms with Crippen LogP contribution in [0.2, 0.25) is 5.15 Å². The van der Waals surface area contributed by atoms with Crippen molar-refractivity contribution < 1.29 is 0 Å². The van der Waals surface area contributed by atoms with Crippen molar-refractivity contribution in [2.45, 2.75) is 6.92 Å². The van der Waals surface area contributed by atoms with Crippen LogP contribution in [0, 0.1) is 6.92 Å². The zero-order chi connectivity index (χ0) is 13.7. The second kappa shape index (κ2) is 4.12. The molecule has 96 valence electrons. The van der Waals surface area contributed by atoms with Crippen LogP contribution in [-0.2, 0) is 0 Å². The van der Waals surface area contributed by atoms with Crippen LogP contribution in [0.15, 0.2) is 42.6 Å². The average molecular weight is 280 g/mol. The molecule has 0 radical (unpaired) electrons. The lowest BCUT2D eigenvalue weighted by atomic mass is 10.0. The molecule has 1 aromatic carbocycles. The molecule has 0 spiro atoms. The predicted molar refractivity (Wildman–Crippen MR) is 82.1 cm³/mol. The maximum atomic E-state index is 5.92. The monoisotopic (exact) mass is 279 g/mol. The van der Waals surface area contributed by atoms with Crippen LogP contribution in [0.1, 0.15) is 5.56 Å². The fourth-order valence-corrected chi connectivity index (χ4v) is 2.73. The van der Waals surface area contributed by atoms with Gasteiger partial charge in [0.2, 0.25) is 0 Å². The van der Waals surface area contributed by atoms with Crippen molar-refractivity contribution >= 4 is 44.4 Å². The third-order valence-electron chi connectivity index (χ3n) is 3.61. The number of pyridine rings is 3. The first-order valence-corrected chi connectivity index (χ1v) is 6.72. The Morgan fingerprint density at radius 3 is 2.65 bits per heavy atom. The van der Waals surface area contributed by atoms with Crippen molar-refractivity contribution in [3.8, 4) is 0 Å². The van der Waals surface area contributed by atoms with E-state index in [0.717, 1.165) is 27.2 Å². The molecular formula is C16H10ClN3. The molecular weight excluding hydrogens is 270 g/mol. The standard InChI is InChI=1S/C16H10ClN3/c1-9-10-4-2-3-5-13(10)19-15-11-6-7-14(17)20-16(11)18-8-12(9)15/h2-8H,1H3. The van der Waals surface area contributed by atoms with Gasteiger partial charge < -0.3 is 0 Å². The normalized spacial score (nSPS) is 11.5. The molecule has 0 saturated heterocycles. The molecule has 0 saturated carbocycles. The summed E-state index contributed by atoms with van der Waals surface area (Å²) in [6, 6.07) is 11.8. The Kier molecular flexibility index (Phi) is 2.38. The van der Waals surface area contributed by atoms with Gasteiger partial charge in [0.15, 0.2) is 5.65 Å². The molecule has 4 heteroatoms. The summed E-state index contributed by atoms with van der Waals surface area (Å²) in [6.45, 7) is 2.10. The van der Waals surface area contributed by atoms with Crippen LogP contribution in [0.3, 0.4) is 0 Å². The molecule has 4 rings (SSSR count). The van der Waals surface area contributed by atoms with Crippen LogP contribution in [0.5, 0.6) is 0 Å². The minimum Gasteiger partial charge on any atom is -0.247 e. The zero-order valence-electron chi connectivity index (χ0n) is 10.8. The lowest BCUT2D eigenvalue weighted by Gasteiger charge is -2.08. The number of aryl methyl sites for hydroxylation is 1. The van der Waals surface area contributed by atoms with Gasteiger partial charge in [-0.15, -0.1) is 0 Å². The highest BCUT2D eigenvalue weighted by Gasteiger charge is 2.10. The van der Waals surface area contributed by atoms with E-state index in [1.165, 1.54) is 5.56 Å². The summed E-state index contributed by atoms with van der Waals surface area (Å²) in [6.07, 6.45) is 1.83. The summed E-state index contributed by atoms with van der Waals surface area (Å²) in [5.41, 5.74) is 3.73. The molecule has 3 aromatic heterocycles. The molecule has 0 bridgehead atoms. The van der Waals surface area contributed by atoms with Gasteiger partial charge in [-0.3, -0.25) is 0 Å². The number of halogens is 1. The first-order valence-electron chi connectivity index (χ1n) is 6.34. The molecule has 0 aliphatic heterocycles.